The zero-order chi connectivity index (χ0) is 14.1. The van der Waals surface area contributed by atoms with Crippen LogP contribution in [0.25, 0.3) is 0 Å². The summed E-state index contributed by atoms with van der Waals surface area (Å²) in [5, 5.41) is 10.7. The van der Waals surface area contributed by atoms with Crippen LogP contribution in [0.3, 0.4) is 0 Å². The van der Waals surface area contributed by atoms with Crippen LogP contribution in [-0.2, 0) is 0 Å². The number of carbonyl (C=O) groups is 1. The van der Waals surface area contributed by atoms with Crippen LogP contribution in [-0.4, -0.2) is 29.7 Å². The lowest BCUT2D eigenvalue weighted by Gasteiger charge is -2.04. The van der Waals surface area contributed by atoms with Crippen molar-refractivity contribution in [1.29, 1.82) is 0 Å². The second-order valence-corrected chi connectivity index (χ2v) is 3.43. The molecule has 0 N–H and O–H groups in total. The molecule has 0 unspecified atom stereocenters. The molecule has 0 atom stereocenters. The van der Waals surface area contributed by atoms with E-state index < -0.39 is 16.4 Å². The number of allylic oxidation sites excluding steroid dienone is 1. The molecule has 5 nitrogen and oxygen atoms in total. The summed E-state index contributed by atoms with van der Waals surface area (Å²) in [5.41, 5.74) is -0.122. The number of nitro groups is 1. The average molecular weight is 250 g/mol. The van der Waals surface area contributed by atoms with Crippen LogP contribution in [0.1, 0.15) is 24.2 Å². The predicted molar refractivity (Wildman–Crippen MR) is 70.9 cm³/mol. The zero-order valence-electron chi connectivity index (χ0n) is 11.1. The fraction of sp³-hybridized carbons (Fsp3) is 0.308. The summed E-state index contributed by atoms with van der Waals surface area (Å²) in [5.74, 6) is -0.584. The Labute approximate surface area is 107 Å². The first-order chi connectivity index (χ1) is 8.52. The van der Waals surface area contributed by atoms with Crippen molar-refractivity contribution in [1.82, 2.24) is 4.90 Å². The average Bonchev–Trinajstić information content (AvgIpc) is 2.38. The summed E-state index contributed by atoms with van der Waals surface area (Å²) in [6.07, 6.45) is 1.20. The van der Waals surface area contributed by atoms with Crippen LogP contribution >= 0.6 is 0 Å². The number of ketones is 1. The molecule has 18 heavy (non-hydrogen) atoms. The van der Waals surface area contributed by atoms with Gasteiger partial charge in [0.1, 0.15) is 0 Å². The molecule has 0 saturated heterocycles. The first-order valence-electron chi connectivity index (χ1n) is 5.64. The first kappa shape index (κ1) is 15.8. The summed E-state index contributed by atoms with van der Waals surface area (Å²) in [7, 11) is 3.25. The molecule has 0 aromatic heterocycles. The van der Waals surface area contributed by atoms with E-state index in [4.69, 9.17) is 0 Å². The number of Topliss-reactive ketones (excluding diaryl/α,β-unsaturated/α-hetero) is 1. The van der Waals surface area contributed by atoms with E-state index in [-0.39, 0.29) is 0 Å². The molecule has 0 aliphatic carbocycles. The molecule has 1 aromatic carbocycles. The minimum absolute atomic E-state index is 0.312. The summed E-state index contributed by atoms with van der Waals surface area (Å²) in [6, 6.07) is 8.18. The fourth-order valence-corrected chi connectivity index (χ4v) is 1.17. The molecular weight excluding hydrogens is 232 g/mol. The van der Waals surface area contributed by atoms with E-state index in [1.165, 1.54) is 11.1 Å². The van der Waals surface area contributed by atoms with E-state index in [1.807, 2.05) is 13.8 Å². The van der Waals surface area contributed by atoms with Crippen LogP contribution in [0.5, 0.6) is 0 Å². The number of nitrogens with zero attached hydrogens (tertiary/aromatic N) is 2. The van der Waals surface area contributed by atoms with E-state index in [1.54, 1.807) is 44.4 Å². The van der Waals surface area contributed by atoms with Gasteiger partial charge in [0.2, 0.25) is 0 Å². The van der Waals surface area contributed by atoms with Gasteiger partial charge in [-0.1, -0.05) is 44.2 Å². The molecule has 1 aromatic rings. The molecule has 0 amide bonds. The highest BCUT2D eigenvalue weighted by molar-refractivity contribution is 6.06. The second-order valence-electron chi connectivity index (χ2n) is 3.43. The van der Waals surface area contributed by atoms with Gasteiger partial charge in [-0.05, 0) is 0 Å². The Morgan fingerprint density at radius 1 is 1.22 bits per heavy atom. The molecule has 98 valence electrons. The lowest BCUT2D eigenvalue weighted by molar-refractivity contribution is -0.417. The van der Waals surface area contributed by atoms with Gasteiger partial charge >= 0.3 is 5.70 Å². The second kappa shape index (κ2) is 8.00. The van der Waals surface area contributed by atoms with Crippen LogP contribution < -0.4 is 0 Å². The van der Waals surface area contributed by atoms with Gasteiger partial charge < -0.3 is 4.90 Å². The minimum Gasteiger partial charge on any atom is -0.378 e. The minimum atomic E-state index is -0.671. The summed E-state index contributed by atoms with van der Waals surface area (Å²) in [6.45, 7) is 4.00. The summed E-state index contributed by atoms with van der Waals surface area (Å²) in [4.78, 5) is 23.3. The van der Waals surface area contributed by atoms with Crippen molar-refractivity contribution in [3.8, 4) is 0 Å². The molecule has 0 saturated carbocycles. The molecular formula is C13H18N2O3. The Morgan fingerprint density at radius 3 is 2.11 bits per heavy atom. The number of carbonyl (C=O) groups excluding carboxylic acids is 1. The predicted octanol–water partition coefficient (Wildman–Crippen LogP) is 2.58. The van der Waals surface area contributed by atoms with Crippen molar-refractivity contribution in [3.05, 3.63) is 57.9 Å². The third kappa shape index (κ3) is 4.78. The SMILES string of the molecule is CC.CN(C)/C=C(\C(=O)c1ccccc1)[N+](=O)[O-]. The zero-order valence-corrected chi connectivity index (χ0v) is 11.1. The van der Waals surface area contributed by atoms with Gasteiger partial charge in [0.15, 0.2) is 0 Å². The Bertz CT molecular complexity index is 425. The maximum Gasteiger partial charge on any atom is 0.332 e. The molecule has 0 bridgehead atoms. The van der Waals surface area contributed by atoms with Crippen molar-refractivity contribution >= 4 is 5.78 Å². The van der Waals surface area contributed by atoms with E-state index in [2.05, 4.69) is 0 Å². The van der Waals surface area contributed by atoms with Gasteiger partial charge in [0.25, 0.3) is 5.78 Å². The highest BCUT2D eigenvalue weighted by Crippen LogP contribution is 2.09. The molecule has 0 heterocycles. The Kier molecular flexibility index (Phi) is 7.04. The monoisotopic (exact) mass is 250 g/mol. The van der Waals surface area contributed by atoms with Crippen molar-refractivity contribution in [3.63, 3.8) is 0 Å². The number of hydrogen-bond acceptors (Lipinski definition) is 4. The van der Waals surface area contributed by atoms with Crippen LogP contribution in [0.15, 0.2) is 42.2 Å². The van der Waals surface area contributed by atoms with Crippen molar-refractivity contribution < 1.29 is 9.72 Å². The van der Waals surface area contributed by atoms with Gasteiger partial charge in [-0.3, -0.25) is 14.9 Å². The lowest BCUT2D eigenvalue weighted by Crippen LogP contribution is -2.16. The van der Waals surface area contributed by atoms with Gasteiger partial charge in [-0.25, -0.2) is 0 Å². The van der Waals surface area contributed by atoms with E-state index in [0.717, 1.165) is 0 Å². The topological polar surface area (TPSA) is 63.5 Å². The molecule has 0 radical (unpaired) electrons. The standard InChI is InChI=1S/C11H12N2O3.C2H6/c1-12(2)8-10(13(15)16)11(14)9-6-4-3-5-7-9;1-2/h3-8H,1-2H3;1-2H3/b10-8+;. The number of hydrogen-bond donors (Lipinski definition) is 0. The maximum absolute atomic E-state index is 11.8. The largest absolute Gasteiger partial charge is 0.378 e. The number of benzene rings is 1. The van der Waals surface area contributed by atoms with Crippen molar-refractivity contribution in [2.24, 2.45) is 0 Å². The molecule has 0 spiro atoms. The lowest BCUT2D eigenvalue weighted by atomic mass is 10.1. The Hall–Kier alpha value is -2.17. The van der Waals surface area contributed by atoms with E-state index in [0.29, 0.717) is 5.56 Å². The Balaban J connectivity index is 0.00000137. The third-order valence-corrected chi connectivity index (χ3v) is 1.85. The normalized spacial score (nSPS) is 10.1. The van der Waals surface area contributed by atoms with Gasteiger partial charge in [0.05, 0.1) is 11.1 Å². The van der Waals surface area contributed by atoms with Gasteiger partial charge in [-0.2, -0.15) is 0 Å². The van der Waals surface area contributed by atoms with Crippen LogP contribution in [0, 0.1) is 10.1 Å². The molecule has 1 rings (SSSR count). The summed E-state index contributed by atoms with van der Waals surface area (Å²) < 4.78 is 0. The quantitative estimate of drug-likeness (QED) is 0.356. The maximum atomic E-state index is 11.8. The summed E-state index contributed by atoms with van der Waals surface area (Å²) >= 11 is 0. The van der Waals surface area contributed by atoms with Gasteiger partial charge in [0, 0.05) is 19.7 Å². The molecule has 0 aliphatic heterocycles. The van der Waals surface area contributed by atoms with Crippen LogP contribution in [0.2, 0.25) is 0 Å². The Morgan fingerprint density at radius 2 is 1.72 bits per heavy atom. The number of rotatable bonds is 4. The van der Waals surface area contributed by atoms with Crippen molar-refractivity contribution in [2.75, 3.05) is 14.1 Å². The molecule has 5 heteroatoms. The fourth-order valence-electron chi connectivity index (χ4n) is 1.17. The van der Waals surface area contributed by atoms with Crippen LogP contribution in [0.4, 0.5) is 0 Å². The first-order valence-corrected chi connectivity index (χ1v) is 5.64. The van der Waals surface area contributed by atoms with Crippen molar-refractivity contribution in [2.45, 2.75) is 13.8 Å². The highest BCUT2D eigenvalue weighted by Gasteiger charge is 2.23. The smallest absolute Gasteiger partial charge is 0.332 e. The highest BCUT2D eigenvalue weighted by atomic mass is 16.6. The van der Waals surface area contributed by atoms with E-state index >= 15 is 0 Å². The van der Waals surface area contributed by atoms with E-state index in [9.17, 15) is 14.9 Å². The molecule has 0 aliphatic rings. The van der Waals surface area contributed by atoms with Gasteiger partial charge in [-0.15, -0.1) is 0 Å². The third-order valence-electron chi connectivity index (χ3n) is 1.85. The molecule has 0 fully saturated rings.